The smallest absolute Gasteiger partial charge is 0.408 e. The normalized spacial score (nSPS) is 16.6. The van der Waals surface area contributed by atoms with Crippen molar-refractivity contribution in [2.45, 2.75) is 64.0 Å². The summed E-state index contributed by atoms with van der Waals surface area (Å²) >= 11 is 0. The van der Waals surface area contributed by atoms with Crippen molar-refractivity contribution >= 4 is 50.1 Å². The number of nitrogens with one attached hydrogen (secondary N) is 2. The summed E-state index contributed by atoms with van der Waals surface area (Å²) in [6, 6.07) is 26.7. The zero-order valence-electron chi connectivity index (χ0n) is 28.6. The summed E-state index contributed by atoms with van der Waals surface area (Å²) in [5.74, 6) is -0.619. The van der Waals surface area contributed by atoms with E-state index in [4.69, 9.17) is 4.74 Å². The Morgan fingerprint density at radius 2 is 1.55 bits per heavy atom. The minimum atomic E-state index is -4.02. The van der Waals surface area contributed by atoms with Crippen molar-refractivity contribution in [3.63, 3.8) is 0 Å². The second kappa shape index (κ2) is 14.8. The van der Waals surface area contributed by atoms with Crippen LogP contribution in [-0.4, -0.2) is 62.5 Å². The van der Waals surface area contributed by atoms with Crippen LogP contribution in [0.1, 0.15) is 56.5 Å². The summed E-state index contributed by atoms with van der Waals surface area (Å²) in [6.07, 6.45) is 0.391. The third-order valence-electron chi connectivity index (χ3n) is 8.68. The predicted octanol–water partition coefficient (Wildman–Crippen LogP) is 6.56. The quantitative estimate of drug-likeness (QED) is 0.206. The number of hydrogen-bond donors (Lipinski definition) is 2. The number of ether oxygens (including phenoxy) is 1. The first-order chi connectivity index (χ1) is 23.3. The maximum atomic E-state index is 14.2. The number of aryl methyl sites for hydroxylation is 1. The minimum Gasteiger partial charge on any atom is -0.444 e. The highest BCUT2D eigenvalue weighted by molar-refractivity contribution is 7.89. The third-order valence-corrected chi connectivity index (χ3v) is 10.2. The van der Waals surface area contributed by atoms with Crippen LogP contribution in [-0.2, 0) is 19.6 Å². The minimum absolute atomic E-state index is 0.109. The summed E-state index contributed by atoms with van der Waals surface area (Å²) in [4.78, 5) is 42.5. The molecule has 0 unspecified atom stereocenters. The number of rotatable bonds is 9. The molecule has 0 bridgehead atoms. The molecule has 5 rings (SSSR count). The van der Waals surface area contributed by atoms with Gasteiger partial charge in [0, 0.05) is 41.2 Å². The molecule has 0 aromatic heterocycles. The third kappa shape index (κ3) is 8.29. The number of carbonyl (C=O) groups excluding carboxylic acids is 3. The molecule has 0 spiro atoms. The zero-order valence-corrected chi connectivity index (χ0v) is 29.4. The van der Waals surface area contributed by atoms with Gasteiger partial charge in [-0.3, -0.25) is 14.5 Å². The van der Waals surface area contributed by atoms with E-state index in [0.29, 0.717) is 53.6 Å². The summed E-state index contributed by atoms with van der Waals surface area (Å²) in [5.41, 5.74) is 1.92. The summed E-state index contributed by atoms with van der Waals surface area (Å²) in [6.45, 7) is 9.58. The molecule has 10 nitrogen and oxygen atoms in total. The van der Waals surface area contributed by atoms with Crippen LogP contribution in [0.15, 0.2) is 95.9 Å². The zero-order chi connectivity index (χ0) is 35.3. The summed E-state index contributed by atoms with van der Waals surface area (Å²) in [7, 11) is -4.02. The summed E-state index contributed by atoms with van der Waals surface area (Å²) in [5, 5.41) is 3.61. The lowest BCUT2D eigenvalue weighted by atomic mass is 9.90. The second-order valence-electron chi connectivity index (χ2n) is 13.3. The number of sulfonamides is 1. The van der Waals surface area contributed by atoms with E-state index >= 15 is 0 Å². The van der Waals surface area contributed by atoms with Crippen molar-refractivity contribution in [1.82, 2.24) is 14.9 Å². The van der Waals surface area contributed by atoms with Crippen molar-refractivity contribution < 1.29 is 27.5 Å². The molecule has 4 aromatic rings. The van der Waals surface area contributed by atoms with Gasteiger partial charge in [0.05, 0.1) is 10.6 Å². The van der Waals surface area contributed by atoms with Crippen LogP contribution in [0, 0.1) is 12.8 Å². The van der Waals surface area contributed by atoms with Crippen LogP contribution in [0.2, 0.25) is 0 Å². The van der Waals surface area contributed by atoms with Crippen LogP contribution in [0.25, 0.3) is 10.8 Å². The van der Waals surface area contributed by atoms with Crippen LogP contribution in [0.5, 0.6) is 0 Å². The maximum Gasteiger partial charge on any atom is 0.408 e. The van der Waals surface area contributed by atoms with Gasteiger partial charge < -0.3 is 15.0 Å². The molecule has 1 fully saturated rings. The summed E-state index contributed by atoms with van der Waals surface area (Å²) < 4.78 is 36.4. The van der Waals surface area contributed by atoms with E-state index in [2.05, 4.69) is 10.0 Å². The lowest BCUT2D eigenvalue weighted by Gasteiger charge is -2.38. The van der Waals surface area contributed by atoms with Gasteiger partial charge in [-0.2, -0.15) is 0 Å². The van der Waals surface area contributed by atoms with Gasteiger partial charge in [-0.15, -0.1) is 0 Å². The van der Waals surface area contributed by atoms with Gasteiger partial charge in [-0.1, -0.05) is 74.0 Å². The average molecular weight is 685 g/mol. The number of piperidine rings is 1. The van der Waals surface area contributed by atoms with E-state index in [-0.39, 0.29) is 29.2 Å². The molecule has 0 saturated carbocycles. The number of likely N-dealkylation sites (tertiary alicyclic amines) is 1. The molecule has 1 saturated heterocycles. The molecule has 1 aliphatic rings. The van der Waals surface area contributed by atoms with Crippen molar-refractivity contribution in [3.05, 3.63) is 102 Å². The first-order valence-corrected chi connectivity index (χ1v) is 18.0. The number of fused-ring (bicyclic) bond motifs is 1. The Kier molecular flexibility index (Phi) is 10.7. The van der Waals surface area contributed by atoms with Crippen LogP contribution in [0.4, 0.5) is 16.2 Å². The van der Waals surface area contributed by atoms with E-state index in [0.717, 1.165) is 5.56 Å². The molecule has 1 aliphatic heterocycles. The number of nitrogens with zero attached hydrogens (tertiary/aromatic N) is 2. The van der Waals surface area contributed by atoms with Gasteiger partial charge in [0.15, 0.2) is 0 Å². The van der Waals surface area contributed by atoms with Gasteiger partial charge in [-0.25, -0.2) is 17.9 Å². The van der Waals surface area contributed by atoms with Crippen LogP contribution < -0.4 is 14.9 Å². The largest absolute Gasteiger partial charge is 0.444 e. The highest BCUT2D eigenvalue weighted by atomic mass is 32.2. The Labute approximate surface area is 288 Å². The van der Waals surface area contributed by atoms with Gasteiger partial charge in [0.2, 0.25) is 15.9 Å². The number of amides is 3. The van der Waals surface area contributed by atoms with Gasteiger partial charge in [0.1, 0.15) is 12.1 Å². The van der Waals surface area contributed by atoms with E-state index in [9.17, 15) is 22.8 Å². The molecular weight excluding hydrogens is 641 g/mol. The van der Waals surface area contributed by atoms with Crippen molar-refractivity contribution in [1.29, 1.82) is 0 Å². The molecule has 49 heavy (non-hydrogen) atoms. The highest BCUT2D eigenvalue weighted by Gasteiger charge is 2.34. The molecule has 2 N–H and O–H groups in total. The Bertz CT molecular complexity index is 1940. The number of para-hydroxylation sites is 1. The van der Waals surface area contributed by atoms with Gasteiger partial charge in [0.25, 0.3) is 5.91 Å². The molecule has 0 aliphatic carbocycles. The van der Waals surface area contributed by atoms with Crippen LogP contribution in [0.3, 0.4) is 0 Å². The van der Waals surface area contributed by atoms with Gasteiger partial charge in [-0.05, 0) is 75.9 Å². The fourth-order valence-corrected chi connectivity index (χ4v) is 7.78. The number of alkyl carbamates (subject to hydrolysis) is 1. The lowest BCUT2D eigenvalue weighted by Crippen LogP contribution is -2.53. The fourth-order valence-electron chi connectivity index (χ4n) is 6.22. The van der Waals surface area contributed by atoms with E-state index in [1.807, 2.05) is 74.5 Å². The number of hydrogen-bond acceptors (Lipinski definition) is 6. The number of benzene rings is 4. The molecular formula is C38H44N4O6S. The average Bonchev–Trinajstić information content (AvgIpc) is 3.07. The standard InChI is InChI=1S/C38H44N4O6S/c1-6-27-25-41(35(43)24-39-37(45)48-38(3,4)5)23-22-32(27)40-49(46,47)34-21-20-33(30-18-12-13-19-31(30)34)42(28-15-8-7-9-16-28)36(44)29-17-11-10-14-26(29)2/h7-21,27,32,40H,6,22-25H2,1-5H3,(H,39,45)/t27-,32+/m0/s1. The molecule has 3 amide bonds. The lowest BCUT2D eigenvalue weighted by molar-refractivity contribution is -0.132. The Balaban J connectivity index is 1.40. The van der Waals surface area contributed by atoms with Crippen molar-refractivity contribution in [3.8, 4) is 0 Å². The SMILES string of the molecule is CC[C@H]1CN(C(=O)CNC(=O)OC(C)(C)C)CC[C@H]1NS(=O)(=O)c1ccc(N(C(=O)c2ccccc2C)c2ccccc2)c2ccccc12. The second-order valence-corrected chi connectivity index (χ2v) is 15.0. The van der Waals surface area contributed by atoms with Gasteiger partial charge >= 0.3 is 6.09 Å². The topological polar surface area (TPSA) is 125 Å². The molecule has 0 radical (unpaired) electrons. The van der Waals surface area contributed by atoms with E-state index in [1.165, 1.54) is 0 Å². The molecule has 2 atom stereocenters. The first-order valence-electron chi connectivity index (χ1n) is 16.5. The first kappa shape index (κ1) is 35.6. The molecule has 1 heterocycles. The fraction of sp³-hybridized carbons (Fsp3) is 0.342. The highest BCUT2D eigenvalue weighted by Crippen LogP contribution is 2.37. The monoisotopic (exact) mass is 684 g/mol. The van der Waals surface area contributed by atoms with Crippen LogP contribution >= 0.6 is 0 Å². The predicted molar refractivity (Wildman–Crippen MR) is 191 cm³/mol. The Hall–Kier alpha value is -4.74. The Morgan fingerprint density at radius 1 is 0.898 bits per heavy atom. The molecule has 4 aromatic carbocycles. The van der Waals surface area contributed by atoms with E-state index in [1.54, 1.807) is 60.9 Å². The van der Waals surface area contributed by atoms with Crippen molar-refractivity contribution in [2.75, 3.05) is 24.5 Å². The Morgan fingerprint density at radius 3 is 2.22 bits per heavy atom. The number of anilines is 2. The maximum absolute atomic E-state index is 14.2. The van der Waals surface area contributed by atoms with Crippen molar-refractivity contribution in [2.24, 2.45) is 5.92 Å². The van der Waals surface area contributed by atoms with E-state index < -0.39 is 27.8 Å². The molecule has 258 valence electrons. The number of carbonyl (C=O) groups is 3. The molecule has 11 heteroatoms.